The Bertz CT molecular complexity index is 246. The van der Waals surface area contributed by atoms with Crippen molar-refractivity contribution in [3.05, 3.63) is 27.8 Å². The van der Waals surface area contributed by atoms with Gasteiger partial charge in [-0.1, -0.05) is 0 Å². The maximum Gasteiger partial charge on any atom is 0.147 e. The number of halogens is 2. The molecule has 0 aliphatic rings. The van der Waals surface area contributed by atoms with Gasteiger partial charge in [0.15, 0.2) is 0 Å². The Morgan fingerprint density at radius 3 is 2.20 bits per heavy atom. The SMILES string of the molecule is O=S(Cl)c1ccc(I)cc1. The molecule has 0 saturated heterocycles. The standard InChI is InChI=1S/C6H4ClIOS/c7-10(9)6-3-1-5(8)2-4-6/h1-4H. The Labute approximate surface area is 79.9 Å². The monoisotopic (exact) mass is 286 g/mol. The predicted octanol–water partition coefficient (Wildman–Crippen LogP) is 2.55. The predicted molar refractivity (Wildman–Crippen MR) is 51.4 cm³/mol. The normalized spacial score (nSPS) is 13.0. The van der Waals surface area contributed by atoms with Crippen molar-refractivity contribution in [1.82, 2.24) is 0 Å². The van der Waals surface area contributed by atoms with Crippen molar-refractivity contribution in [3.63, 3.8) is 0 Å². The molecule has 54 valence electrons. The molecule has 1 atom stereocenters. The number of hydrogen-bond acceptors (Lipinski definition) is 1. The minimum Gasteiger partial charge on any atom is -0.237 e. The lowest BCUT2D eigenvalue weighted by atomic mass is 10.4. The lowest BCUT2D eigenvalue weighted by Crippen LogP contribution is -1.79. The van der Waals surface area contributed by atoms with E-state index in [1.54, 1.807) is 12.1 Å². The average Bonchev–Trinajstić information content (AvgIpc) is 1.88. The zero-order valence-corrected chi connectivity index (χ0v) is 8.61. The van der Waals surface area contributed by atoms with E-state index in [0.717, 1.165) is 3.57 Å². The number of hydrogen-bond donors (Lipinski definition) is 0. The minimum absolute atomic E-state index is 0.655. The van der Waals surface area contributed by atoms with Gasteiger partial charge in [-0.2, -0.15) is 0 Å². The Morgan fingerprint density at radius 2 is 1.80 bits per heavy atom. The highest BCUT2D eigenvalue weighted by Crippen LogP contribution is 2.12. The second-order valence-electron chi connectivity index (χ2n) is 1.68. The van der Waals surface area contributed by atoms with Crippen LogP contribution in [0.25, 0.3) is 0 Å². The van der Waals surface area contributed by atoms with Gasteiger partial charge in [0.2, 0.25) is 0 Å². The summed E-state index contributed by atoms with van der Waals surface area (Å²) in [4.78, 5) is 0.655. The smallest absolute Gasteiger partial charge is 0.147 e. The van der Waals surface area contributed by atoms with Gasteiger partial charge < -0.3 is 0 Å². The molecule has 0 heterocycles. The molecule has 0 N–H and O–H groups in total. The fourth-order valence-corrected chi connectivity index (χ4v) is 1.56. The maximum absolute atomic E-state index is 10.6. The molecule has 4 heteroatoms. The first-order chi connectivity index (χ1) is 4.70. The number of rotatable bonds is 1. The molecular formula is C6H4ClIOS. The summed E-state index contributed by atoms with van der Waals surface area (Å²) in [6.45, 7) is 0. The molecule has 0 amide bonds. The van der Waals surface area contributed by atoms with Crippen LogP contribution in [0.2, 0.25) is 0 Å². The molecule has 0 bridgehead atoms. The summed E-state index contributed by atoms with van der Waals surface area (Å²) < 4.78 is 11.7. The van der Waals surface area contributed by atoms with E-state index in [-0.39, 0.29) is 0 Å². The summed E-state index contributed by atoms with van der Waals surface area (Å²) >= 11 is 2.18. The molecule has 0 fully saturated rings. The van der Waals surface area contributed by atoms with Crippen molar-refractivity contribution in [3.8, 4) is 0 Å². The van der Waals surface area contributed by atoms with Gasteiger partial charge in [0.25, 0.3) is 0 Å². The largest absolute Gasteiger partial charge is 0.237 e. The average molecular weight is 287 g/mol. The van der Waals surface area contributed by atoms with E-state index in [1.165, 1.54) is 0 Å². The molecule has 0 aromatic heterocycles. The van der Waals surface area contributed by atoms with E-state index in [0.29, 0.717) is 4.90 Å². The molecule has 0 aliphatic heterocycles. The molecule has 10 heavy (non-hydrogen) atoms. The molecule has 1 unspecified atom stereocenters. The summed E-state index contributed by atoms with van der Waals surface area (Å²) in [7, 11) is 3.96. The van der Waals surface area contributed by atoms with E-state index in [9.17, 15) is 4.21 Å². The third-order valence-corrected chi connectivity index (χ3v) is 2.90. The van der Waals surface area contributed by atoms with Crippen LogP contribution in [0.4, 0.5) is 0 Å². The van der Waals surface area contributed by atoms with Gasteiger partial charge in [-0.15, -0.1) is 0 Å². The fourth-order valence-electron chi connectivity index (χ4n) is 0.542. The summed E-state index contributed by atoms with van der Waals surface area (Å²) in [5.74, 6) is 0. The van der Waals surface area contributed by atoms with Crippen LogP contribution in [0.1, 0.15) is 0 Å². The van der Waals surface area contributed by atoms with Crippen LogP contribution in [0, 0.1) is 3.57 Å². The van der Waals surface area contributed by atoms with Crippen molar-refractivity contribution < 1.29 is 4.21 Å². The fraction of sp³-hybridized carbons (Fsp3) is 0. The van der Waals surface area contributed by atoms with Crippen LogP contribution < -0.4 is 0 Å². The molecule has 1 aromatic carbocycles. The van der Waals surface area contributed by atoms with Crippen molar-refractivity contribution >= 4 is 43.3 Å². The number of benzene rings is 1. The molecule has 0 spiro atoms. The molecular weight excluding hydrogens is 282 g/mol. The van der Waals surface area contributed by atoms with Gasteiger partial charge in [-0.25, -0.2) is 4.21 Å². The molecule has 0 radical (unpaired) electrons. The van der Waals surface area contributed by atoms with Crippen LogP contribution in [0.5, 0.6) is 0 Å². The van der Waals surface area contributed by atoms with E-state index >= 15 is 0 Å². The topological polar surface area (TPSA) is 17.1 Å². The van der Waals surface area contributed by atoms with Gasteiger partial charge >= 0.3 is 0 Å². The van der Waals surface area contributed by atoms with Crippen LogP contribution in [-0.2, 0) is 10.0 Å². The van der Waals surface area contributed by atoms with Crippen molar-refractivity contribution in [2.45, 2.75) is 4.90 Å². The van der Waals surface area contributed by atoms with Crippen molar-refractivity contribution in [1.29, 1.82) is 0 Å². The van der Waals surface area contributed by atoms with E-state index in [4.69, 9.17) is 10.7 Å². The zero-order valence-electron chi connectivity index (χ0n) is 4.88. The summed E-state index contributed by atoms with van der Waals surface area (Å²) in [5, 5.41) is 0. The van der Waals surface area contributed by atoms with Gasteiger partial charge in [0, 0.05) is 3.57 Å². The summed E-state index contributed by atoms with van der Waals surface area (Å²) in [6.07, 6.45) is 0. The summed E-state index contributed by atoms with van der Waals surface area (Å²) in [6, 6.07) is 7.25. The molecule has 1 aromatic rings. The van der Waals surface area contributed by atoms with Crippen LogP contribution in [0.15, 0.2) is 29.2 Å². The Morgan fingerprint density at radius 1 is 1.30 bits per heavy atom. The van der Waals surface area contributed by atoms with E-state index in [2.05, 4.69) is 22.6 Å². The molecule has 1 rings (SSSR count). The third kappa shape index (κ3) is 2.21. The van der Waals surface area contributed by atoms with Crippen molar-refractivity contribution in [2.24, 2.45) is 0 Å². The third-order valence-electron chi connectivity index (χ3n) is 0.999. The second-order valence-corrected chi connectivity index (χ2v) is 4.68. The highest BCUT2D eigenvalue weighted by atomic mass is 127. The first kappa shape index (κ1) is 8.49. The van der Waals surface area contributed by atoms with Crippen LogP contribution in [0.3, 0.4) is 0 Å². The van der Waals surface area contributed by atoms with E-state index in [1.807, 2.05) is 12.1 Å². The van der Waals surface area contributed by atoms with Gasteiger partial charge in [-0.3, -0.25) is 0 Å². The van der Waals surface area contributed by atoms with Gasteiger partial charge in [0.1, 0.15) is 10.0 Å². The van der Waals surface area contributed by atoms with Crippen molar-refractivity contribution in [2.75, 3.05) is 0 Å². The summed E-state index contributed by atoms with van der Waals surface area (Å²) in [5.41, 5.74) is 0. The van der Waals surface area contributed by atoms with E-state index < -0.39 is 10.0 Å². The quantitative estimate of drug-likeness (QED) is 0.573. The Kier molecular flexibility index (Phi) is 3.13. The lowest BCUT2D eigenvalue weighted by molar-refractivity contribution is 0.691. The molecule has 0 saturated carbocycles. The van der Waals surface area contributed by atoms with Gasteiger partial charge in [0.05, 0.1) is 4.90 Å². The highest BCUT2D eigenvalue weighted by Gasteiger charge is 1.96. The molecule has 1 nitrogen and oxygen atoms in total. The molecule has 0 aliphatic carbocycles. The Hall–Kier alpha value is 0.390. The lowest BCUT2D eigenvalue weighted by Gasteiger charge is -1.92. The zero-order chi connectivity index (χ0) is 7.56. The minimum atomic E-state index is -1.37. The van der Waals surface area contributed by atoms with Gasteiger partial charge in [-0.05, 0) is 57.5 Å². The maximum atomic E-state index is 10.6. The highest BCUT2D eigenvalue weighted by molar-refractivity contribution is 14.1. The van der Waals surface area contributed by atoms with Crippen LogP contribution in [-0.4, -0.2) is 4.21 Å². The Balaban J connectivity index is 3.00. The second kappa shape index (κ2) is 3.69. The first-order valence-corrected chi connectivity index (χ1v) is 5.59. The van der Waals surface area contributed by atoms with Crippen LogP contribution >= 0.6 is 33.3 Å². The first-order valence-electron chi connectivity index (χ1n) is 2.54.